The Hall–Kier alpha value is -1.14. The monoisotopic (exact) mass is 230 g/mol. The number of nitrogens with zero attached hydrogens (tertiary/aromatic N) is 2. The van der Waals surface area contributed by atoms with E-state index in [0.717, 1.165) is 4.90 Å². The number of aliphatic hydroxyl groups is 1. The van der Waals surface area contributed by atoms with Gasteiger partial charge in [0.05, 0.1) is 19.2 Å². The van der Waals surface area contributed by atoms with Crippen LogP contribution in [0.4, 0.5) is 4.79 Å². The number of hydrogen-bond donors (Lipinski definition) is 1. The van der Waals surface area contributed by atoms with E-state index in [2.05, 4.69) is 4.74 Å². The number of aliphatic hydroxyl groups excluding tert-OH is 1. The van der Waals surface area contributed by atoms with Crippen LogP contribution in [-0.2, 0) is 9.53 Å². The molecule has 1 fully saturated rings. The van der Waals surface area contributed by atoms with E-state index in [4.69, 9.17) is 5.11 Å². The lowest BCUT2D eigenvalue weighted by Crippen LogP contribution is -2.40. The van der Waals surface area contributed by atoms with Gasteiger partial charge < -0.3 is 9.84 Å². The molecule has 92 valence electrons. The van der Waals surface area contributed by atoms with Gasteiger partial charge in [-0.2, -0.15) is 0 Å². The lowest BCUT2D eigenvalue weighted by Gasteiger charge is -2.19. The van der Waals surface area contributed by atoms with Gasteiger partial charge >= 0.3 is 6.09 Å². The SMILES string of the molecule is CC(O)CCN(C)CC(=O)N1CCOC1=O. The zero-order chi connectivity index (χ0) is 12.1. The summed E-state index contributed by atoms with van der Waals surface area (Å²) in [5.74, 6) is -0.254. The van der Waals surface area contributed by atoms with E-state index in [0.29, 0.717) is 19.5 Å². The first-order valence-corrected chi connectivity index (χ1v) is 5.34. The second-order valence-corrected chi connectivity index (χ2v) is 4.04. The molecule has 1 atom stereocenters. The Morgan fingerprint density at radius 3 is 2.88 bits per heavy atom. The van der Waals surface area contributed by atoms with Crippen molar-refractivity contribution in [1.29, 1.82) is 0 Å². The number of likely N-dealkylation sites (N-methyl/N-ethyl adjacent to an activating group) is 1. The quantitative estimate of drug-likeness (QED) is 0.700. The Labute approximate surface area is 94.8 Å². The third kappa shape index (κ3) is 3.79. The Bertz CT molecular complexity index is 268. The van der Waals surface area contributed by atoms with E-state index in [9.17, 15) is 9.59 Å². The lowest BCUT2D eigenvalue weighted by molar-refractivity contribution is -0.128. The summed E-state index contributed by atoms with van der Waals surface area (Å²) in [6, 6.07) is 0. The van der Waals surface area contributed by atoms with Gasteiger partial charge in [-0.1, -0.05) is 0 Å². The second-order valence-electron chi connectivity index (χ2n) is 4.04. The lowest BCUT2D eigenvalue weighted by atomic mass is 10.3. The zero-order valence-corrected chi connectivity index (χ0v) is 9.68. The minimum atomic E-state index is -0.561. The molecule has 1 heterocycles. The molecule has 2 amide bonds. The fraction of sp³-hybridized carbons (Fsp3) is 0.800. The summed E-state index contributed by atoms with van der Waals surface area (Å²) in [5, 5.41) is 9.09. The van der Waals surface area contributed by atoms with Gasteiger partial charge in [0.25, 0.3) is 0 Å². The van der Waals surface area contributed by atoms with Crippen LogP contribution in [0.15, 0.2) is 0 Å². The Morgan fingerprint density at radius 2 is 2.38 bits per heavy atom. The molecule has 1 aliphatic heterocycles. The molecule has 0 aromatic carbocycles. The normalized spacial score (nSPS) is 17.8. The molecular formula is C10H18N2O4. The van der Waals surface area contributed by atoms with Crippen LogP contribution in [0.5, 0.6) is 0 Å². The summed E-state index contributed by atoms with van der Waals surface area (Å²) in [4.78, 5) is 25.6. The Balaban J connectivity index is 2.30. The molecular weight excluding hydrogens is 212 g/mol. The molecule has 1 aliphatic rings. The minimum Gasteiger partial charge on any atom is -0.447 e. The van der Waals surface area contributed by atoms with Crippen LogP contribution in [0.2, 0.25) is 0 Å². The van der Waals surface area contributed by atoms with Crippen molar-refractivity contribution in [2.75, 3.05) is 33.3 Å². The van der Waals surface area contributed by atoms with Gasteiger partial charge in [-0.25, -0.2) is 9.69 Å². The summed E-state index contributed by atoms with van der Waals surface area (Å²) in [6.45, 7) is 3.10. The molecule has 0 aliphatic carbocycles. The van der Waals surface area contributed by atoms with Crippen molar-refractivity contribution in [2.24, 2.45) is 0 Å². The number of cyclic esters (lactones) is 1. The van der Waals surface area contributed by atoms with Crippen LogP contribution in [-0.4, -0.2) is 66.3 Å². The largest absolute Gasteiger partial charge is 0.447 e. The van der Waals surface area contributed by atoms with Crippen molar-refractivity contribution in [3.63, 3.8) is 0 Å². The summed E-state index contributed by atoms with van der Waals surface area (Å²) in [6.07, 6.45) is -0.336. The van der Waals surface area contributed by atoms with Gasteiger partial charge in [-0.15, -0.1) is 0 Å². The summed E-state index contributed by atoms with van der Waals surface area (Å²) < 4.78 is 4.67. The van der Waals surface area contributed by atoms with E-state index >= 15 is 0 Å². The number of rotatable bonds is 5. The Morgan fingerprint density at radius 1 is 1.69 bits per heavy atom. The van der Waals surface area contributed by atoms with E-state index in [1.165, 1.54) is 0 Å². The molecule has 16 heavy (non-hydrogen) atoms. The molecule has 6 heteroatoms. The molecule has 0 aromatic rings. The van der Waals surface area contributed by atoms with Crippen molar-refractivity contribution >= 4 is 12.0 Å². The molecule has 1 N–H and O–H groups in total. The minimum absolute atomic E-state index is 0.168. The fourth-order valence-electron chi connectivity index (χ4n) is 1.42. The van der Waals surface area contributed by atoms with Crippen LogP contribution in [0.1, 0.15) is 13.3 Å². The van der Waals surface area contributed by atoms with Gasteiger partial charge in [0, 0.05) is 6.54 Å². The van der Waals surface area contributed by atoms with Crippen molar-refractivity contribution in [3.05, 3.63) is 0 Å². The topological polar surface area (TPSA) is 70.1 Å². The van der Waals surface area contributed by atoms with E-state index < -0.39 is 6.09 Å². The third-order valence-corrected chi connectivity index (χ3v) is 2.40. The van der Waals surface area contributed by atoms with Crippen molar-refractivity contribution in [2.45, 2.75) is 19.4 Å². The highest BCUT2D eigenvalue weighted by Gasteiger charge is 2.28. The molecule has 1 rings (SSSR count). The molecule has 0 radical (unpaired) electrons. The van der Waals surface area contributed by atoms with E-state index in [1.54, 1.807) is 18.9 Å². The first-order valence-electron chi connectivity index (χ1n) is 5.34. The number of carbonyl (C=O) groups is 2. The highest BCUT2D eigenvalue weighted by atomic mass is 16.6. The number of imide groups is 1. The van der Waals surface area contributed by atoms with E-state index in [-0.39, 0.29) is 25.2 Å². The van der Waals surface area contributed by atoms with Crippen LogP contribution >= 0.6 is 0 Å². The van der Waals surface area contributed by atoms with Crippen molar-refractivity contribution in [1.82, 2.24) is 9.80 Å². The number of ether oxygens (including phenoxy) is 1. The standard InChI is InChI=1S/C10H18N2O4/c1-8(13)3-4-11(2)7-9(14)12-5-6-16-10(12)15/h8,13H,3-7H2,1-2H3. The molecule has 0 saturated carbocycles. The van der Waals surface area contributed by atoms with Crippen LogP contribution in [0.3, 0.4) is 0 Å². The molecule has 0 bridgehead atoms. The van der Waals surface area contributed by atoms with Crippen molar-refractivity contribution < 1.29 is 19.4 Å². The fourth-order valence-corrected chi connectivity index (χ4v) is 1.42. The van der Waals surface area contributed by atoms with Crippen LogP contribution in [0.25, 0.3) is 0 Å². The summed E-state index contributed by atoms with van der Waals surface area (Å²) in [5.41, 5.74) is 0. The first-order chi connectivity index (χ1) is 7.50. The van der Waals surface area contributed by atoms with Gasteiger partial charge in [-0.3, -0.25) is 9.69 Å². The maximum Gasteiger partial charge on any atom is 0.416 e. The average Bonchev–Trinajstić information content (AvgIpc) is 2.61. The third-order valence-electron chi connectivity index (χ3n) is 2.40. The van der Waals surface area contributed by atoms with E-state index in [1.807, 2.05) is 0 Å². The first kappa shape index (κ1) is 12.9. The highest BCUT2D eigenvalue weighted by Crippen LogP contribution is 2.04. The van der Waals surface area contributed by atoms with Crippen LogP contribution in [0, 0.1) is 0 Å². The number of hydrogen-bond acceptors (Lipinski definition) is 5. The van der Waals surface area contributed by atoms with Gasteiger partial charge in [-0.05, 0) is 20.4 Å². The predicted molar refractivity (Wildman–Crippen MR) is 56.9 cm³/mol. The molecule has 0 spiro atoms. The smallest absolute Gasteiger partial charge is 0.416 e. The van der Waals surface area contributed by atoms with Crippen molar-refractivity contribution in [3.8, 4) is 0 Å². The maximum absolute atomic E-state index is 11.6. The highest BCUT2D eigenvalue weighted by molar-refractivity contribution is 5.93. The number of carbonyl (C=O) groups excluding carboxylic acids is 2. The van der Waals surface area contributed by atoms with Gasteiger partial charge in [0.15, 0.2) is 0 Å². The zero-order valence-electron chi connectivity index (χ0n) is 9.68. The second kappa shape index (κ2) is 5.81. The summed E-state index contributed by atoms with van der Waals surface area (Å²) >= 11 is 0. The van der Waals surface area contributed by atoms with Gasteiger partial charge in [0.2, 0.25) is 5.91 Å². The van der Waals surface area contributed by atoms with Gasteiger partial charge in [0.1, 0.15) is 6.61 Å². The Kier molecular flexibility index (Phi) is 4.70. The summed E-state index contributed by atoms with van der Waals surface area (Å²) in [7, 11) is 1.78. The number of amides is 2. The molecule has 0 aromatic heterocycles. The molecule has 1 unspecified atom stereocenters. The molecule has 6 nitrogen and oxygen atoms in total. The maximum atomic E-state index is 11.6. The van der Waals surface area contributed by atoms with Crippen LogP contribution < -0.4 is 0 Å². The average molecular weight is 230 g/mol. The molecule has 1 saturated heterocycles. The predicted octanol–water partition coefficient (Wildman–Crippen LogP) is -0.332.